The van der Waals surface area contributed by atoms with Crippen molar-refractivity contribution in [1.82, 2.24) is 15.2 Å². The first-order chi connectivity index (χ1) is 14.1. The SMILES string of the molecule is CC[C@@H]1CNc2ccc(-c3cccc(Cl)c3)nc2N(C(=O)Nc2cccnn2)C1. The lowest BCUT2D eigenvalue weighted by molar-refractivity contribution is 0.255. The van der Waals surface area contributed by atoms with E-state index < -0.39 is 0 Å². The van der Waals surface area contributed by atoms with E-state index in [1.807, 2.05) is 36.4 Å². The number of urea groups is 1. The van der Waals surface area contributed by atoms with E-state index in [9.17, 15) is 4.79 Å². The lowest BCUT2D eigenvalue weighted by atomic mass is 10.1. The van der Waals surface area contributed by atoms with Crippen molar-refractivity contribution < 1.29 is 4.79 Å². The minimum absolute atomic E-state index is 0.287. The molecular formula is C21H21ClN6O. The van der Waals surface area contributed by atoms with Crippen molar-refractivity contribution in [2.24, 2.45) is 5.92 Å². The fourth-order valence-electron chi connectivity index (χ4n) is 3.26. The number of carbonyl (C=O) groups excluding carboxylic acids is 1. The van der Waals surface area contributed by atoms with Crippen molar-refractivity contribution in [3.05, 3.63) is 59.8 Å². The van der Waals surface area contributed by atoms with Crippen molar-refractivity contribution in [3.8, 4) is 11.3 Å². The van der Waals surface area contributed by atoms with Gasteiger partial charge in [0.1, 0.15) is 0 Å². The molecule has 0 saturated carbocycles. The molecule has 1 atom stereocenters. The van der Waals surface area contributed by atoms with Crippen LogP contribution in [0.25, 0.3) is 11.3 Å². The van der Waals surface area contributed by atoms with E-state index in [1.54, 1.807) is 23.2 Å². The molecule has 0 bridgehead atoms. The average Bonchev–Trinajstić information content (AvgIpc) is 2.93. The molecule has 4 rings (SSSR count). The molecule has 0 radical (unpaired) electrons. The number of aromatic nitrogens is 3. The van der Waals surface area contributed by atoms with Gasteiger partial charge in [-0.15, -0.1) is 5.10 Å². The monoisotopic (exact) mass is 408 g/mol. The highest BCUT2D eigenvalue weighted by Crippen LogP contribution is 2.32. The standard InChI is InChI=1S/C21H21ClN6O/c1-2-14-12-23-18-9-8-17(15-5-3-6-16(22)11-15)25-20(18)28(13-14)21(29)26-19-7-4-10-24-27-19/h3-11,14,23H,2,12-13H2,1H3,(H,26,27,29)/t14-/m1/s1. The maximum absolute atomic E-state index is 13.1. The molecule has 29 heavy (non-hydrogen) atoms. The molecule has 2 N–H and O–H groups in total. The number of benzene rings is 1. The first kappa shape index (κ1) is 19.1. The number of pyridine rings is 1. The lowest BCUT2D eigenvalue weighted by Crippen LogP contribution is -2.39. The molecule has 3 aromatic rings. The van der Waals surface area contributed by atoms with Gasteiger partial charge in [0.15, 0.2) is 11.6 Å². The van der Waals surface area contributed by atoms with Crippen LogP contribution in [0.15, 0.2) is 54.7 Å². The molecular weight excluding hydrogens is 388 g/mol. The summed E-state index contributed by atoms with van der Waals surface area (Å²) in [6, 6.07) is 14.5. The maximum atomic E-state index is 13.1. The first-order valence-electron chi connectivity index (χ1n) is 9.51. The average molecular weight is 409 g/mol. The van der Waals surface area contributed by atoms with Gasteiger partial charge in [0, 0.05) is 29.9 Å². The molecule has 3 heterocycles. The van der Waals surface area contributed by atoms with Gasteiger partial charge >= 0.3 is 6.03 Å². The molecule has 1 aliphatic rings. The largest absolute Gasteiger partial charge is 0.382 e. The zero-order chi connectivity index (χ0) is 20.2. The normalized spacial score (nSPS) is 15.8. The summed E-state index contributed by atoms with van der Waals surface area (Å²) in [4.78, 5) is 19.6. The summed E-state index contributed by atoms with van der Waals surface area (Å²) >= 11 is 6.14. The summed E-state index contributed by atoms with van der Waals surface area (Å²) in [5, 5.41) is 14.6. The second-order valence-electron chi connectivity index (χ2n) is 6.88. The summed E-state index contributed by atoms with van der Waals surface area (Å²) in [5.41, 5.74) is 2.46. The summed E-state index contributed by atoms with van der Waals surface area (Å²) < 4.78 is 0. The van der Waals surface area contributed by atoms with Crippen LogP contribution < -0.4 is 15.5 Å². The topological polar surface area (TPSA) is 83.0 Å². The van der Waals surface area contributed by atoms with Crippen molar-refractivity contribution in [1.29, 1.82) is 0 Å². The number of rotatable bonds is 3. The highest BCUT2D eigenvalue weighted by molar-refractivity contribution is 6.30. The second kappa shape index (κ2) is 8.45. The van der Waals surface area contributed by atoms with Crippen LogP contribution in [0.5, 0.6) is 0 Å². The number of halogens is 1. The number of nitrogens with zero attached hydrogens (tertiary/aromatic N) is 4. The van der Waals surface area contributed by atoms with Crippen LogP contribution in [-0.4, -0.2) is 34.3 Å². The third-order valence-electron chi connectivity index (χ3n) is 4.90. The van der Waals surface area contributed by atoms with Crippen LogP contribution in [0, 0.1) is 5.92 Å². The van der Waals surface area contributed by atoms with Gasteiger partial charge < -0.3 is 5.32 Å². The van der Waals surface area contributed by atoms with Crippen molar-refractivity contribution in [2.45, 2.75) is 13.3 Å². The Hall–Kier alpha value is -3.19. The quantitative estimate of drug-likeness (QED) is 0.657. The van der Waals surface area contributed by atoms with Crippen LogP contribution >= 0.6 is 11.6 Å². The number of nitrogens with one attached hydrogen (secondary N) is 2. The van der Waals surface area contributed by atoms with Gasteiger partial charge in [-0.25, -0.2) is 9.78 Å². The van der Waals surface area contributed by atoms with E-state index in [1.165, 1.54) is 0 Å². The Morgan fingerprint density at radius 2 is 2.17 bits per heavy atom. The zero-order valence-electron chi connectivity index (χ0n) is 16.0. The molecule has 0 aliphatic carbocycles. The van der Waals surface area contributed by atoms with Crippen molar-refractivity contribution in [3.63, 3.8) is 0 Å². The highest BCUT2D eigenvalue weighted by Gasteiger charge is 2.27. The summed E-state index contributed by atoms with van der Waals surface area (Å²) in [6.45, 7) is 3.44. The van der Waals surface area contributed by atoms with Gasteiger partial charge in [-0.3, -0.25) is 10.2 Å². The molecule has 0 saturated heterocycles. The van der Waals surface area contributed by atoms with E-state index in [-0.39, 0.29) is 6.03 Å². The molecule has 0 fully saturated rings. The number of anilines is 3. The van der Waals surface area contributed by atoms with Crippen LogP contribution in [0.4, 0.5) is 22.1 Å². The first-order valence-corrected chi connectivity index (χ1v) is 9.89. The highest BCUT2D eigenvalue weighted by atomic mass is 35.5. The van der Waals surface area contributed by atoms with Gasteiger partial charge in [0.2, 0.25) is 0 Å². The minimum atomic E-state index is -0.287. The van der Waals surface area contributed by atoms with Gasteiger partial charge in [0.05, 0.1) is 11.4 Å². The fourth-order valence-corrected chi connectivity index (χ4v) is 3.45. The smallest absolute Gasteiger partial charge is 0.328 e. The van der Waals surface area contributed by atoms with Crippen molar-refractivity contribution >= 4 is 35.0 Å². The predicted octanol–water partition coefficient (Wildman–Crippen LogP) is 4.68. The summed E-state index contributed by atoms with van der Waals surface area (Å²) in [6.07, 6.45) is 2.50. The number of hydrogen-bond donors (Lipinski definition) is 2. The fraction of sp³-hybridized carbons (Fsp3) is 0.238. The van der Waals surface area contributed by atoms with Crippen LogP contribution in [0.3, 0.4) is 0 Å². The van der Waals surface area contributed by atoms with Gasteiger partial charge in [-0.05, 0) is 48.7 Å². The lowest BCUT2D eigenvalue weighted by Gasteiger charge is -2.24. The molecule has 148 valence electrons. The molecule has 7 nitrogen and oxygen atoms in total. The molecule has 2 amide bonds. The minimum Gasteiger partial charge on any atom is -0.382 e. The van der Waals surface area contributed by atoms with Gasteiger partial charge in [0.25, 0.3) is 0 Å². The molecule has 0 unspecified atom stereocenters. The predicted molar refractivity (Wildman–Crippen MR) is 115 cm³/mol. The maximum Gasteiger partial charge on any atom is 0.328 e. The van der Waals surface area contributed by atoms with Gasteiger partial charge in [-0.1, -0.05) is 30.7 Å². The van der Waals surface area contributed by atoms with Crippen LogP contribution in [-0.2, 0) is 0 Å². The second-order valence-corrected chi connectivity index (χ2v) is 7.32. The van der Waals surface area contributed by atoms with E-state index in [0.717, 1.165) is 29.9 Å². The molecule has 8 heteroatoms. The zero-order valence-corrected chi connectivity index (χ0v) is 16.7. The van der Waals surface area contributed by atoms with Gasteiger partial charge in [-0.2, -0.15) is 5.10 Å². The summed E-state index contributed by atoms with van der Waals surface area (Å²) in [5.74, 6) is 1.28. The molecule has 0 spiro atoms. The number of amides is 2. The number of carbonyl (C=O) groups is 1. The Kier molecular flexibility index (Phi) is 5.57. The molecule has 1 aliphatic heterocycles. The Bertz CT molecular complexity index is 1010. The van der Waals surface area contributed by atoms with E-state index in [2.05, 4.69) is 27.8 Å². The van der Waals surface area contributed by atoms with Crippen LogP contribution in [0.2, 0.25) is 5.02 Å². The van der Waals surface area contributed by atoms with E-state index in [0.29, 0.717) is 29.1 Å². The Labute approximate surface area is 174 Å². The summed E-state index contributed by atoms with van der Waals surface area (Å²) in [7, 11) is 0. The van der Waals surface area contributed by atoms with E-state index in [4.69, 9.17) is 16.6 Å². The number of fused-ring (bicyclic) bond motifs is 1. The molecule has 1 aromatic carbocycles. The Balaban J connectivity index is 1.72. The van der Waals surface area contributed by atoms with E-state index >= 15 is 0 Å². The third kappa shape index (κ3) is 4.30. The Morgan fingerprint density at radius 3 is 2.93 bits per heavy atom. The van der Waals surface area contributed by atoms with Crippen LogP contribution in [0.1, 0.15) is 13.3 Å². The molecule has 2 aromatic heterocycles. The van der Waals surface area contributed by atoms with Crippen molar-refractivity contribution in [2.75, 3.05) is 28.6 Å². The number of hydrogen-bond acceptors (Lipinski definition) is 5. The third-order valence-corrected chi connectivity index (χ3v) is 5.14. The Morgan fingerprint density at radius 1 is 1.28 bits per heavy atom.